The van der Waals surface area contributed by atoms with Crippen LogP contribution in [0.5, 0.6) is 5.75 Å². The number of nitrogens with one attached hydrogen (secondary N) is 1. The lowest BCUT2D eigenvalue weighted by Crippen LogP contribution is -2.24. The van der Waals surface area contributed by atoms with E-state index in [-0.39, 0.29) is 13.2 Å². The van der Waals surface area contributed by atoms with Gasteiger partial charge in [0.2, 0.25) is 0 Å². The number of hydrogen-bond donors (Lipinski definition) is 1. The molecule has 0 spiro atoms. The van der Waals surface area contributed by atoms with Crippen molar-refractivity contribution in [3.8, 4) is 5.75 Å². The molecule has 3 rings (SSSR count). The van der Waals surface area contributed by atoms with Crippen molar-refractivity contribution in [1.82, 2.24) is 0 Å². The van der Waals surface area contributed by atoms with Crippen LogP contribution in [0, 0.1) is 13.8 Å². The number of halogens is 1. The molecule has 28 heavy (non-hydrogen) atoms. The predicted octanol–water partition coefficient (Wildman–Crippen LogP) is 4.67. The fraction of sp³-hybridized carbons (Fsp3) is 0.182. The van der Waals surface area contributed by atoms with Gasteiger partial charge in [-0.15, -0.1) is 0 Å². The molecule has 0 aliphatic heterocycles. The Morgan fingerprint density at radius 2 is 1.71 bits per heavy atom. The second-order valence-corrected chi connectivity index (χ2v) is 6.81. The minimum absolute atomic E-state index is 0.303. The third-order valence-electron chi connectivity index (χ3n) is 4.21. The van der Waals surface area contributed by atoms with Crippen molar-refractivity contribution in [3.05, 3.63) is 70.7 Å². The van der Waals surface area contributed by atoms with E-state index in [9.17, 15) is 9.59 Å². The van der Waals surface area contributed by atoms with Gasteiger partial charge < -0.3 is 14.8 Å². The van der Waals surface area contributed by atoms with Gasteiger partial charge in [-0.3, -0.25) is 4.79 Å². The highest BCUT2D eigenvalue weighted by molar-refractivity contribution is 6.35. The van der Waals surface area contributed by atoms with E-state index in [1.807, 2.05) is 56.3 Å². The Hall–Kier alpha value is -3.05. The lowest BCUT2D eigenvalue weighted by Gasteiger charge is -2.11. The zero-order valence-electron chi connectivity index (χ0n) is 15.6. The maximum absolute atomic E-state index is 12.0. The Bertz CT molecular complexity index is 1030. The highest BCUT2D eigenvalue weighted by Crippen LogP contribution is 2.31. The van der Waals surface area contributed by atoms with E-state index in [2.05, 4.69) is 5.32 Å². The maximum atomic E-state index is 12.0. The number of carbonyl (C=O) groups is 2. The summed E-state index contributed by atoms with van der Waals surface area (Å²) in [5.41, 5.74) is 2.66. The third-order valence-corrected chi connectivity index (χ3v) is 4.54. The average molecular weight is 398 g/mol. The van der Waals surface area contributed by atoms with Crippen LogP contribution in [0.25, 0.3) is 10.8 Å². The Labute approximate surface area is 168 Å². The fourth-order valence-corrected chi connectivity index (χ4v) is 2.97. The molecule has 0 unspecified atom stereocenters. The van der Waals surface area contributed by atoms with Gasteiger partial charge in [0.25, 0.3) is 5.91 Å². The van der Waals surface area contributed by atoms with Crippen LogP contribution in [0.15, 0.2) is 54.6 Å². The first-order chi connectivity index (χ1) is 13.4. The number of ether oxygens (including phenoxy) is 2. The Kier molecular flexibility index (Phi) is 6.16. The summed E-state index contributed by atoms with van der Waals surface area (Å²) in [6.07, 6.45) is 0. The third kappa shape index (κ3) is 4.81. The van der Waals surface area contributed by atoms with Crippen molar-refractivity contribution in [1.29, 1.82) is 0 Å². The molecule has 3 aromatic carbocycles. The zero-order chi connectivity index (χ0) is 20.1. The van der Waals surface area contributed by atoms with Gasteiger partial charge in [-0.2, -0.15) is 0 Å². The summed E-state index contributed by atoms with van der Waals surface area (Å²) in [7, 11) is 0. The quantitative estimate of drug-likeness (QED) is 0.614. The number of amides is 1. The van der Waals surface area contributed by atoms with Crippen LogP contribution in [-0.2, 0) is 14.3 Å². The standard InChI is InChI=1S/C22H20ClNO4/c1-14-7-8-15(2)19(11-14)24-21(25)12-28-22(26)13-27-20-10-9-18(23)16-5-3-4-6-17(16)20/h3-11H,12-13H2,1-2H3,(H,24,25). The lowest BCUT2D eigenvalue weighted by atomic mass is 10.1. The summed E-state index contributed by atoms with van der Waals surface area (Å²) in [6.45, 7) is 3.15. The van der Waals surface area contributed by atoms with Crippen molar-refractivity contribution in [2.75, 3.05) is 18.5 Å². The first-order valence-corrected chi connectivity index (χ1v) is 9.14. The van der Waals surface area contributed by atoms with Crippen molar-refractivity contribution in [2.24, 2.45) is 0 Å². The van der Waals surface area contributed by atoms with Gasteiger partial charge in [0.05, 0.1) is 0 Å². The smallest absolute Gasteiger partial charge is 0.344 e. The monoisotopic (exact) mass is 397 g/mol. The first kappa shape index (κ1) is 19.7. The van der Waals surface area contributed by atoms with Gasteiger partial charge in [-0.05, 0) is 43.2 Å². The Morgan fingerprint density at radius 3 is 2.50 bits per heavy atom. The molecule has 0 aromatic heterocycles. The van der Waals surface area contributed by atoms with Gasteiger partial charge in [-0.25, -0.2) is 4.79 Å². The van der Waals surface area contributed by atoms with Crippen molar-refractivity contribution < 1.29 is 19.1 Å². The summed E-state index contributed by atoms with van der Waals surface area (Å²) in [5.74, 6) is -0.508. The van der Waals surface area contributed by atoms with Crippen LogP contribution in [0.2, 0.25) is 5.02 Å². The number of fused-ring (bicyclic) bond motifs is 1. The van der Waals surface area contributed by atoms with Gasteiger partial charge in [0.1, 0.15) is 5.75 Å². The summed E-state index contributed by atoms with van der Waals surface area (Å²) < 4.78 is 10.6. The summed E-state index contributed by atoms with van der Waals surface area (Å²) in [4.78, 5) is 24.0. The van der Waals surface area contributed by atoms with E-state index in [1.165, 1.54) is 0 Å². The molecule has 0 bridgehead atoms. The highest BCUT2D eigenvalue weighted by atomic mass is 35.5. The molecule has 1 amide bonds. The minimum Gasteiger partial charge on any atom is -0.481 e. The van der Waals surface area contributed by atoms with Gasteiger partial charge >= 0.3 is 5.97 Å². The molecule has 0 heterocycles. The second-order valence-electron chi connectivity index (χ2n) is 6.41. The van der Waals surface area contributed by atoms with Crippen molar-refractivity contribution in [2.45, 2.75) is 13.8 Å². The molecular weight excluding hydrogens is 378 g/mol. The number of rotatable bonds is 6. The van der Waals surface area contributed by atoms with Crippen LogP contribution >= 0.6 is 11.6 Å². The number of benzene rings is 3. The van der Waals surface area contributed by atoms with Crippen LogP contribution in [-0.4, -0.2) is 25.1 Å². The fourth-order valence-electron chi connectivity index (χ4n) is 2.74. The molecule has 5 nitrogen and oxygen atoms in total. The first-order valence-electron chi connectivity index (χ1n) is 8.77. The molecule has 0 fully saturated rings. The van der Waals surface area contributed by atoms with E-state index in [1.54, 1.807) is 12.1 Å². The molecular formula is C22H20ClNO4. The van der Waals surface area contributed by atoms with E-state index in [0.717, 1.165) is 21.9 Å². The molecule has 0 atom stereocenters. The average Bonchev–Trinajstić information content (AvgIpc) is 2.69. The summed E-state index contributed by atoms with van der Waals surface area (Å²) in [5, 5.41) is 4.98. The van der Waals surface area contributed by atoms with Crippen LogP contribution in [0.3, 0.4) is 0 Å². The Balaban J connectivity index is 1.53. The lowest BCUT2D eigenvalue weighted by molar-refractivity contribution is -0.149. The molecule has 0 saturated carbocycles. The van der Waals surface area contributed by atoms with Crippen LogP contribution in [0.1, 0.15) is 11.1 Å². The van der Waals surface area contributed by atoms with E-state index < -0.39 is 11.9 Å². The maximum Gasteiger partial charge on any atom is 0.344 e. The normalized spacial score (nSPS) is 10.5. The summed E-state index contributed by atoms with van der Waals surface area (Å²) >= 11 is 6.17. The molecule has 0 radical (unpaired) electrons. The van der Waals surface area contributed by atoms with Crippen molar-refractivity contribution >= 4 is 39.9 Å². The predicted molar refractivity (Wildman–Crippen MR) is 110 cm³/mol. The summed E-state index contributed by atoms with van der Waals surface area (Å²) in [6, 6.07) is 16.6. The molecule has 0 saturated heterocycles. The highest BCUT2D eigenvalue weighted by Gasteiger charge is 2.12. The molecule has 3 aromatic rings. The van der Waals surface area contributed by atoms with Crippen LogP contribution < -0.4 is 10.1 Å². The molecule has 144 valence electrons. The number of anilines is 1. The van der Waals surface area contributed by atoms with E-state index >= 15 is 0 Å². The number of esters is 1. The minimum atomic E-state index is -0.629. The molecule has 6 heteroatoms. The topological polar surface area (TPSA) is 64.6 Å². The number of aryl methyl sites for hydroxylation is 2. The van der Waals surface area contributed by atoms with E-state index in [4.69, 9.17) is 21.1 Å². The van der Waals surface area contributed by atoms with Gasteiger partial charge in [0.15, 0.2) is 13.2 Å². The molecule has 0 aliphatic carbocycles. The largest absolute Gasteiger partial charge is 0.481 e. The van der Waals surface area contributed by atoms with E-state index in [0.29, 0.717) is 16.5 Å². The molecule has 1 N–H and O–H groups in total. The van der Waals surface area contributed by atoms with Crippen molar-refractivity contribution in [3.63, 3.8) is 0 Å². The molecule has 0 aliphatic rings. The second kappa shape index (κ2) is 8.76. The SMILES string of the molecule is Cc1ccc(C)c(NC(=O)COC(=O)COc2ccc(Cl)c3ccccc23)c1. The van der Waals surface area contributed by atoms with Gasteiger partial charge in [-0.1, -0.05) is 48.0 Å². The Morgan fingerprint density at radius 1 is 0.964 bits per heavy atom. The number of hydrogen-bond acceptors (Lipinski definition) is 4. The van der Waals surface area contributed by atoms with Crippen LogP contribution in [0.4, 0.5) is 5.69 Å². The zero-order valence-corrected chi connectivity index (χ0v) is 16.4. The number of carbonyl (C=O) groups excluding carboxylic acids is 2. The van der Waals surface area contributed by atoms with Gasteiger partial charge in [0, 0.05) is 21.5 Å².